The highest BCUT2D eigenvalue weighted by Gasteiger charge is 2.25. The first kappa shape index (κ1) is 12.7. The summed E-state index contributed by atoms with van der Waals surface area (Å²) in [7, 11) is 0. The number of ether oxygens (including phenoxy) is 1. The molecule has 0 amide bonds. The lowest BCUT2D eigenvalue weighted by Gasteiger charge is -2.31. The molecule has 0 saturated heterocycles. The molecular formula is C17H14ClNO2. The molecule has 0 aliphatic carbocycles. The minimum atomic E-state index is -0.198. The van der Waals surface area contributed by atoms with Gasteiger partial charge in [-0.2, -0.15) is 0 Å². The number of hydrogen-bond donors (Lipinski definition) is 0. The van der Waals surface area contributed by atoms with Gasteiger partial charge in [-0.15, -0.1) is 0 Å². The zero-order valence-corrected chi connectivity index (χ0v) is 12.2. The molecule has 2 aliphatic heterocycles. The molecule has 0 aromatic heterocycles. The van der Waals surface area contributed by atoms with E-state index in [0.717, 1.165) is 41.3 Å². The number of cyclic esters (lactones) is 1. The average Bonchev–Trinajstić information content (AvgIpc) is 2.86. The van der Waals surface area contributed by atoms with Crippen LogP contribution in [0.3, 0.4) is 0 Å². The van der Waals surface area contributed by atoms with Gasteiger partial charge in [0.1, 0.15) is 6.61 Å². The molecule has 0 bridgehead atoms. The molecule has 3 nitrogen and oxygen atoms in total. The maximum absolute atomic E-state index is 11.7. The van der Waals surface area contributed by atoms with Crippen molar-refractivity contribution in [2.24, 2.45) is 0 Å². The topological polar surface area (TPSA) is 29.5 Å². The predicted molar refractivity (Wildman–Crippen MR) is 81.8 cm³/mol. The Morgan fingerprint density at radius 1 is 1.05 bits per heavy atom. The summed E-state index contributed by atoms with van der Waals surface area (Å²) in [6.07, 6.45) is 0.986. The van der Waals surface area contributed by atoms with Crippen LogP contribution < -0.4 is 4.90 Å². The molecule has 0 unspecified atom stereocenters. The van der Waals surface area contributed by atoms with Gasteiger partial charge in [0.05, 0.1) is 5.56 Å². The lowest BCUT2D eigenvalue weighted by molar-refractivity contribution is 0.0535. The van der Waals surface area contributed by atoms with Gasteiger partial charge in [-0.1, -0.05) is 17.7 Å². The molecular weight excluding hydrogens is 286 g/mol. The Morgan fingerprint density at radius 3 is 2.67 bits per heavy atom. The zero-order valence-electron chi connectivity index (χ0n) is 11.4. The molecule has 0 N–H and O–H groups in total. The van der Waals surface area contributed by atoms with Crippen LogP contribution in [0, 0.1) is 0 Å². The third-order valence-electron chi connectivity index (χ3n) is 4.21. The normalized spacial score (nSPS) is 16.4. The van der Waals surface area contributed by atoms with Gasteiger partial charge in [0, 0.05) is 29.4 Å². The Bertz CT molecular complexity index is 724. The van der Waals surface area contributed by atoms with E-state index in [9.17, 15) is 4.79 Å². The molecule has 2 aliphatic rings. The third kappa shape index (κ3) is 2.18. The van der Waals surface area contributed by atoms with E-state index in [1.807, 2.05) is 30.3 Å². The second-order valence-corrected chi connectivity index (χ2v) is 5.94. The highest BCUT2D eigenvalue weighted by Crippen LogP contribution is 2.30. The molecule has 2 heterocycles. The minimum absolute atomic E-state index is 0.198. The Hall–Kier alpha value is -2.00. The summed E-state index contributed by atoms with van der Waals surface area (Å²) in [6, 6.07) is 12.0. The lowest BCUT2D eigenvalue weighted by atomic mass is 9.94. The molecule has 0 fully saturated rings. The fraction of sp³-hybridized carbons (Fsp3) is 0.235. The van der Waals surface area contributed by atoms with Crippen LogP contribution in [0.15, 0.2) is 36.4 Å². The van der Waals surface area contributed by atoms with Crippen molar-refractivity contribution in [1.82, 2.24) is 0 Å². The summed E-state index contributed by atoms with van der Waals surface area (Å²) >= 11 is 5.94. The summed E-state index contributed by atoms with van der Waals surface area (Å²) in [6.45, 7) is 2.21. The van der Waals surface area contributed by atoms with Gasteiger partial charge in [-0.25, -0.2) is 4.79 Å². The van der Waals surface area contributed by atoms with Gasteiger partial charge in [0.25, 0.3) is 0 Å². The SMILES string of the molecule is O=C1OCc2cc3c(cc21)CN(c1ccc(Cl)cc1)CC3. The molecule has 21 heavy (non-hydrogen) atoms. The summed E-state index contributed by atoms with van der Waals surface area (Å²) in [5, 5.41) is 0.747. The van der Waals surface area contributed by atoms with Crippen molar-refractivity contribution in [3.05, 3.63) is 63.7 Å². The Labute approximate surface area is 128 Å². The first-order valence-electron chi connectivity index (χ1n) is 7.03. The standard InChI is InChI=1S/C17H14ClNO2/c18-14-1-3-15(4-2-14)19-6-5-11-7-13-10-21-17(20)16(13)8-12(11)9-19/h1-4,7-8H,5-6,9-10H2. The van der Waals surface area contributed by atoms with Gasteiger partial charge in [0.15, 0.2) is 0 Å². The number of halogens is 1. The van der Waals surface area contributed by atoms with Crippen molar-refractivity contribution in [2.45, 2.75) is 19.6 Å². The van der Waals surface area contributed by atoms with Crippen molar-refractivity contribution in [3.63, 3.8) is 0 Å². The number of benzene rings is 2. The number of nitrogens with zero attached hydrogens (tertiary/aromatic N) is 1. The number of hydrogen-bond acceptors (Lipinski definition) is 3. The number of rotatable bonds is 1. The van der Waals surface area contributed by atoms with Crippen LogP contribution in [0.4, 0.5) is 5.69 Å². The maximum Gasteiger partial charge on any atom is 0.338 e. The summed E-state index contributed by atoms with van der Waals surface area (Å²) in [5.74, 6) is -0.198. The zero-order chi connectivity index (χ0) is 14.4. The van der Waals surface area contributed by atoms with Crippen molar-refractivity contribution in [3.8, 4) is 0 Å². The van der Waals surface area contributed by atoms with Crippen LogP contribution in [-0.4, -0.2) is 12.5 Å². The fourth-order valence-corrected chi connectivity index (χ4v) is 3.19. The maximum atomic E-state index is 11.7. The largest absolute Gasteiger partial charge is 0.457 e. The highest BCUT2D eigenvalue weighted by molar-refractivity contribution is 6.30. The summed E-state index contributed by atoms with van der Waals surface area (Å²) in [4.78, 5) is 14.0. The van der Waals surface area contributed by atoms with Crippen molar-refractivity contribution < 1.29 is 9.53 Å². The van der Waals surface area contributed by atoms with Crippen LogP contribution in [0.25, 0.3) is 0 Å². The van der Waals surface area contributed by atoms with Crippen LogP contribution >= 0.6 is 11.6 Å². The molecule has 4 rings (SSSR count). The summed E-state index contributed by atoms with van der Waals surface area (Å²) in [5.41, 5.74) is 5.46. The van der Waals surface area contributed by atoms with E-state index in [0.29, 0.717) is 6.61 Å². The molecule has 0 atom stereocenters. The fourth-order valence-electron chi connectivity index (χ4n) is 3.06. The van der Waals surface area contributed by atoms with Gasteiger partial charge >= 0.3 is 5.97 Å². The minimum Gasteiger partial charge on any atom is -0.457 e. The van der Waals surface area contributed by atoms with Gasteiger partial charge in [0.2, 0.25) is 0 Å². The first-order valence-corrected chi connectivity index (χ1v) is 7.41. The Balaban J connectivity index is 1.67. The number of esters is 1. The molecule has 106 valence electrons. The van der Waals surface area contributed by atoms with E-state index in [2.05, 4.69) is 11.0 Å². The van der Waals surface area contributed by atoms with Crippen LogP contribution in [0.5, 0.6) is 0 Å². The number of carbonyl (C=O) groups excluding carboxylic acids is 1. The van der Waals surface area contributed by atoms with Crippen LogP contribution in [0.1, 0.15) is 27.0 Å². The lowest BCUT2D eigenvalue weighted by Crippen LogP contribution is -2.30. The smallest absolute Gasteiger partial charge is 0.338 e. The molecule has 0 spiro atoms. The Kier molecular flexibility index (Phi) is 2.89. The van der Waals surface area contributed by atoms with E-state index in [1.54, 1.807) is 0 Å². The van der Waals surface area contributed by atoms with Gasteiger partial charge < -0.3 is 9.64 Å². The van der Waals surface area contributed by atoms with Crippen LogP contribution in [0.2, 0.25) is 5.02 Å². The van der Waals surface area contributed by atoms with Crippen molar-refractivity contribution in [2.75, 3.05) is 11.4 Å². The molecule has 2 aromatic carbocycles. The van der Waals surface area contributed by atoms with E-state index < -0.39 is 0 Å². The average molecular weight is 300 g/mol. The second-order valence-electron chi connectivity index (χ2n) is 5.50. The number of carbonyl (C=O) groups is 1. The quantitative estimate of drug-likeness (QED) is 0.754. The van der Waals surface area contributed by atoms with Gasteiger partial charge in [-0.3, -0.25) is 0 Å². The number of fused-ring (bicyclic) bond motifs is 2. The number of anilines is 1. The molecule has 0 saturated carbocycles. The van der Waals surface area contributed by atoms with E-state index >= 15 is 0 Å². The molecule has 0 radical (unpaired) electrons. The highest BCUT2D eigenvalue weighted by atomic mass is 35.5. The van der Waals surface area contributed by atoms with E-state index in [4.69, 9.17) is 16.3 Å². The van der Waals surface area contributed by atoms with Crippen LogP contribution in [-0.2, 0) is 24.3 Å². The monoisotopic (exact) mass is 299 g/mol. The molecule has 4 heteroatoms. The van der Waals surface area contributed by atoms with Crippen molar-refractivity contribution in [1.29, 1.82) is 0 Å². The van der Waals surface area contributed by atoms with Crippen molar-refractivity contribution >= 4 is 23.3 Å². The van der Waals surface area contributed by atoms with Gasteiger partial charge in [-0.05, 0) is 47.9 Å². The third-order valence-corrected chi connectivity index (χ3v) is 4.46. The first-order chi connectivity index (χ1) is 10.2. The predicted octanol–water partition coefficient (Wildman–Crippen LogP) is 3.57. The summed E-state index contributed by atoms with van der Waals surface area (Å²) < 4.78 is 5.10. The Morgan fingerprint density at radius 2 is 1.86 bits per heavy atom. The molecule has 2 aromatic rings. The van der Waals surface area contributed by atoms with E-state index in [1.165, 1.54) is 11.1 Å². The second kappa shape index (κ2) is 4.78. The van der Waals surface area contributed by atoms with E-state index in [-0.39, 0.29) is 5.97 Å².